The van der Waals surface area contributed by atoms with Crippen molar-refractivity contribution in [1.29, 1.82) is 0 Å². The average molecular weight is 381 g/mol. The molecule has 0 bridgehead atoms. The molecule has 0 amide bonds. The van der Waals surface area contributed by atoms with E-state index in [-0.39, 0.29) is 6.04 Å². The number of rotatable bonds is 6. The van der Waals surface area contributed by atoms with Crippen LogP contribution in [0.2, 0.25) is 0 Å². The number of aryl methyl sites for hydroxylation is 2. The van der Waals surface area contributed by atoms with Gasteiger partial charge < -0.3 is 4.74 Å². The van der Waals surface area contributed by atoms with Gasteiger partial charge in [-0.15, -0.1) is 11.3 Å². The van der Waals surface area contributed by atoms with Crippen molar-refractivity contribution in [2.45, 2.75) is 24.1 Å². The van der Waals surface area contributed by atoms with Crippen LogP contribution >= 0.6 is 11.3 Å². The SMILES string of the molecule is Cc1cccc(C(CNS(=O)(=O)c2ccc(C)s2)N2CCOCC2)c1. The van der Waals surface area contributed by atoms with Crippen molar-refractivity contribution in [1.82, 2.24) is 9.62 Å². The maximum Gasteiger partial charge on any atom is 0.250 e. The summed E-state index contributed by atoms with van der Waals surface area (Å²) >= 11 is 1.30. The molecule has 5 nitrogen and oxygen atoms in total. The summed E-state index contributed by atoms with van der Waals surface area (Å²) in [5.74, 6) is 0. The smallest absolute Gasteiger partial charge is 0.250 e. The third-order valence-electron chi connectivity index (χ3n) is 4.36. The van der Waals surface area contributed by atoms with Gasteiger partial charge in [0.25, 0.3) is 0 Å². The van der Waals surface area contributed by atoms with Crippen molar-refractivity contribution >= 4 is 21.4 Å². The van der Waals surface area contributed by atoms with Crippen LogP contribution in [-0.4, -0.2) is 46.2 Å². The number of ether oxygens (including phenoxy) is 1. The van der Waals surface area contributed by atoms with E-state index in [1.165, 1.54) is 16.9 Å². The summed E-state index contributed by atoms with van der Waals surface area (Å²) in [7, 11) is -3.48. The van der Waals surface area contributed by atoms with Crippen LogP contribution in [0.5, 0.6) is 0 Å². The predicted molar refractivity (Wildman–Crippen MR) is 101 cm³/mol. The average Bonchev–Trinajstić information content (AvgIpc) is 3.03. The van der Waals surface area contributed by atoms with Crippen LogP contribution in [0.15, 0.2) is 40.6 Å². The highest BCUT2D eigenvalue weighted by Gasteiger charge is 2.25. The fraction of sp³-hybridized carbons (Fsp3) is 0.444. The van der Waals surface area contributed by atoms with Gasteiger partial charge in [0, 0.05) is 30.6 Å². The van der Waals surface area contributed by atoms with Gasteiger partial charge in [-0.25, -0.2) is 13.1 Å². The number of thiophene rings is 1. The minimum Gasteiger partial charge on any atom is -0.379 e. The van der Waals surface area contributed by atoms with Crippen LogP contribution in [0.1, 0.15) is 22.0 Å². The summed E-state index contributed by atoms with van der Waals surface area (Å²) in [5, 5.41) is 0. The third-order valence-corrected chi connectivity index (χ3v) is 7.28. The Bertz CT molecular complexity index is 811. The second kappa shape index (κ2) is 7.97. The quantitative estimate of drug-likeness (QED) is 0.837. The number of sulfonamides is 1. The molecule has 1 atom stereocenters. The second-order valence-electron chi connectivity index (χ2n) is 6.30. The number of hydrogen-bond acceptors (Lipinski definition) is 5. The standard InChI is InChI=1S/C18H24N2O3S2/c1-14-4-3-5-16(12-14)17(20-8-10-23-11-9-20)13-19-25(21,22)18-7-6-15(2)24-18/h3-7,12,17,19H,8-11,13H2,1-2H3. The number of nitrogens with zero attached hydrogens (tertiary/aromatic N) is 1. The minimum absolute atomic E-state index is 0.000339. The zero-order valence-electron chi connectivity index (χ0n) is 14.6. The van der Waals surface area contributed by atoms with Gasteiger partial charge in [-0.1, -0.05) is 29.8 Å². The molecule has 0 radical (unpaired) electrons. The minimum atomic E-state index is -3.48. The lowest BCUT2D eigenvalue weighted by atomic mass is 10.0. The van der Waals surface area contributed by atoms with Crippen molar-refractivity contribution in [3.05, 3.63) is 52.4 Å². The Kier molecular flexibility index (Phi) is 5.91. The first-order chi connectivity index (χ1) is 12.0. The highest BCUT2D eigenvalue weighted by Crippen LogP contribution is 2.24. The van der Waals surface area contributed by atoms with Gasteiger partial charge in [0.05, 0.1) is 13.2 Å². The molecule has 2 aromatic rings. The van der Waals surface area contributed by atoms with Crippen LogP contribution in [-0.2, 0) is 14.8 Å². The van der Waals surface area contributed by atoms with Gasteiger partial charge in [-0.2, -0.15) is 0 Å². The lowest BCUT2D eigenvalue weighted by molar-refractivity contribution is 0.0172. The maximum absolute atomic E-state index is 12.6. The summed E-state index contributed by atoms with van der Waals surface area (Å²) in [5.41, 5.74) is 2.31. The molecule has 1 fully saturated rings. The molecule has 1 unspecified atom stereocenters. The lowest BCUT2D eigenvalue weighted by Crippen LogP contribution is -2.43. The van der Waals surface area contributed by atoms with Crippen LogP contribution in [0.3, 0.4) is 0 Å². The lowest BCUT2D eigenvalue weighted by Gasteiger charge is -2.35. The number of morpholine rings is 1. The molecule has 1 aromatic carbocycles. The normalized spacial score (nSPS) is 17.5. The van der Waals surface area contributed by atoms with Crippen molar-refractivity contribution in [3.63, 3.8) is 0 Å². The van der Waals surface area contributed by atoms with E-state index in [9.17, 15) is 8.42 Å². The van der Waals surface area contributed by atoms with Crippen LogP contribution in [0.4, 0.5) is 0 Å². The molecule has 1 aliphatic rings. The Balaban J connectivity index is 1.80. The maximum atomic E-state index is 12.6. The molecule has 0 saturated carbocycles. The molecular weight excluding hydrogens is 356 g/mol. The van der Waals surface area contributed by atoms with Gasteiger partial charge in [-0.05, 0) is 31.5 Å². The molecular formula is C18H24N2O3S2. The summed E-state index contributed by atoms with van der Waals surface area (Å²) in [4.78, 5) is 3.28. The van der Waals surface area contributed by atoms with E-state index < -0.39 is 10.0 Å². The third kappa shape index (κ3) is 4.68. The molecule has 2 heterocycles. The molecule has 1 saturated heterocycles. The summed E-state index contributed by atoms with van der Waals surface area (Å²) in [6.45, 7) is 7.28. The predicted octanol–water partition coefficient (Wildman–Crippen LogP) is 2.72. The Morgan fingerprint density at radius 3 is 2.60 bits per heavy atom. The van der Waals surface area contributed by atoms with E-state index in [1.807, 2.05) is 19.1 Å². The van der Waals surface area contributed by atoms with Gasteiger partial charge in [0.1, 0.15) is 4.21 Å². The summed E-state index contributed by atoms with van der Waals surface area (Å²) < 4.78 is 33.8. The molecule has 3 rings (SSSR count). The number of benzene rings is 1. The van der Waals surface area contributed by atoms with Crippen molar-refractivity contribution in [2.75, 3.05) is 32.8 Å². The highest BCUT2D eigenvalue weighted by atomic mass is 32.2. The fourth-order valence-electron chi connectivity index (χ4n) is 3.04. The summed E-state index contributed by atoms with van der Waals surface area (Å²) in [6, 6.07) is 11.8. The van der Waals surface area contributed by atoms with E-state index >= 15 is 0 Å². The molecule has 0 spiro atoms. The van der Waals surface area contributed by atoms with Crippen molar-refractivity contribution in [2.24, 2.45) is 0 Å². The first kappa shape index (κ1) is 18.5. The first-order valence-electron chi connectivity index (χ1n) is 8.40. The van der Waals surface area contributed by atoms with Crippen molar-refractivity contribution in [3.8, 4) is 0 Å². The molecule has 25 heavy (non-hydrogen) atoms. The van der Waals surface area contributed by atoms with E-state index in [0.29, 0.717) is 24.0 Å². The molecule has 7 heteroatoms. The van der Waals surface area contributed by atoms with E-state index in [2.05, 4.69) is 34.7 Å². The number of nitrogens with one attached hydrogen (secondary N) is 1. The number of hydrogen-bond donors (Lipinski definition) is 1. The van der Waals surface area contributed by atoms with Gasteiger partial charge in [0.15, 0.2) is 0 Å². The topological polar surface area (TPSA) is 58.6 Å². The Morgan fingerprint density at radius 2 is 1.96 bits per heavy atom. The zero-order chi connectivity index (χ0) is 17.9. The fourth-order valence-corrected chi connectivity index (χ4v) is 5.41. The molecule has 0 aliphatic carbocycles. The van der Waals surface area contributed by atoms with Gasteiger partial charge >= 0.3 is 0 Å². The Hall–Kier alpha value is -1.25. The summed E-state index contributed by atoms with van der Waals surface area (Å²) in [6.07, 6.45) is 0. The Morgan fingerprint density at radius 1 is 1.20 bits per heavy atom. The molecule has 1 aliphatic heterocycles. The monoisotopic (exact) mass is 380 g/mol. The molecule has 1 N–H and O–H groups in total. The zero-order valence-corrected chi connectivity index (χ0v) is 16.2. The van der Waals surface area contributed by atoms with E-state index in [1.54, 1.807) is 6.07 Å². The second-order valence-corrected chi connectivity index (χ2v) is 9.58. The first-order valence-corrected chi connectivity index (χ1v) is 10.7. The molecule has 136 valence electrons. The van der Waals surface area contributed by atoms with Crippen LogP contribution in [0, 0.1) is 13.8 Å². The van der Waals surface area contributed by atoms with E-state index in [0.717, 1.165) is 23.5 Å². The van der Waals surface area contributed by atoms with Gasteiger partial charge in [-0.3, -0.25) is 4.90 Å². The van der Waals surface area contributed by atoms with E-state index in [4.69, 9.17) is 4.74 Å². The van der Waals surface area contributed by atoms with Crippen LogP contribution < -0.4 is 4.72 Å². The highest BCUT2D eigenvalue weighted by molar-refractivity contribution is 7.91. The molecule has 1 aromatic heterocycles. The largest absolute Gasteiger partial charge is 0.379 e. The van der Waals surface area contributed by atoms with Crippen LogP contribution in [0.25, 0.3) is 0 Å². The van der Waals surface area contributed by atoms with Gasteiger partial charge in [0.2, 0.25) is 10.0 Å². The Labute approximate surface area is 153 Å². The van der Waals surface area contributed by atoms with Crippen molar-refractivity contribution < 1.29 is 13.2 Å².